The van der Waals surface area contributed by atoms with Crippen LogP contribution in [0.15, 0.2) is 48.8 Å². The first-order valence-electron chi connectivity index (χ1n) is 9.75. The largest absolute Gasteiger partial charge is 0.371 e. The highest BCUT2D eigenvalue weighted by Crippen LogP contribution is 2.42. The molecule has 6 heteroatoms. The molecule has 3 heterocycles. The van der Waals surface area contributed by atoms with Crippen LogP contribution >= 0.6 is 0 Å². The molecule has 2 aromatic rings. The maximum Gasteiger partial charge on any atom is 0.254 e. The summed E-state index contributed by atoms with van der Waals surface area (Å²) in [5.74, 6) is 0.335. The van der Waals surface area contributed by atoms with E-state index in [1.165, 1.54) is 0 Å². The lowest BCUT2D eigenvalue weighted by atomic mass is 9.78. The Hall–Kier alpha value is -2.73. The van der Waals surface area contributed by atoms with Crippen molar-refractivity contribution in [2.75, 3.05) is 26.2 Å². The van der Waals surface area contributed by atoms with Crippen molar-refractivity contribution in [1.29, 1.82) is 0 Å². The van der Waals surface area contributed by atoms with Gasteiger partial charge in [-0.3, -0.25) is 14.6 Å². The number of carbonyl (C=O) groups is 2. The Labute approximate surface area is 164 Å². The fourth-order valence-corrected chi connectivity index (χ4v) is 4.21. The lowest BCUT2D eigenvalue weighted by molar-refractivity contribution is -0.117. The third kappa shape index (κ3) is 3.64. The molecule has 1 spiro atoms. The van der Waals surface area contributed by atoms with E-state index in [0.717, 1.165) is 30.6 Å². The minimum atomic E-state index is -0.249. The fraction of sp³-hybridized carbons (Fsp3) is 0.409. The molecule has 146 valence electrons. The molecule has 2 saturated heterocycles. The number of amides is 2. The first-order valence-corrected chi connectivity index (χ1v) is 9.75. The van der Waals surface area contributed by atoms with Gasteiger partial charge in [-0.25, -0.2) is 0 Å². The lowest BCUT2D eigenvalue weighted by Gasteiger charge is -2.50. The van der Waals surface area contributed by atoms with Crippen LogP contribution in [0.4, 0.5) is 0 Å². The van der Waals surface area contributed by atoms with E-state index in [1.54, 1.807) is 24.5 Å². The summed E-state index contributed by atoms with van der Waals surface area (Å²) in [5.41, 5.74) is 2.18. The quantitative estimate of drug-likeness (QED) is 0.866. The molecular weight excluding hydrogens is 354 g/mol. The van der Waals surface area contributed by atoms with E-state index in [9.17, 15) is 9.59 Å². The third-order valence-electron chi connectivity index (χ3n) is 5.79. The van der Waals surface area contributed by atoms with Crippen molar-refractivity contribution in [3.63, 3.8) is 0 Å². The van der Waals surface area contributed by atoms with E-state index in [1.807, 2.05) is 36.1 Å². The van der Waals surface area contributed by atoms with Gasteiger partial charge in [-0.2, -0.15) is 0 Å². The molecule has 2 fully saturated rings. The predicted molar refractivity (Wildman–Crippen MR) is 105 cm³/mol. The SMILES string of the molecule is Cc1cccc(C(=O)N2CC3(C2)OCC[C@H]3CCNC(=O)c2ccncc2)c1. The van der Waals surface area contributed by atoms with Gasteiger partial charge in [0.15, 0.2) is 0 Å². The highest BCUT2D eigenvalue weighted by atomic mass is 16.5. The van der Waals surface area contributed by atoms with Crippen LogP contribution in [0, 0.1) is 12.8 Å². The fourth-order valence-electron chi connectivity index (χ4n) is 4.21. The van der Waals surface area contributed by atoms with Crippen LogP contribution in [0.25, 0.3) is 0 Å². The van der Waals surface area contributed by atoms with Crippen LogP contribution in [-0.2, 0) is 4.74 Å². The van der Waals surface area contributed by atoms with Gasteiger partial charge in [0.05, 0.1) is 13.1 Å². The molecule has 6 nitrogen and oxygen atoms in total. The highest BCUT2D eigenvalue weighted by molar-refractivity contribution is 5.95. The molecule has 0 aliphatic carbocycles. The van der Waals surface area contributed by atoms with Gasteiger partial charge >= 0.3 is 0 Å². The Morgan fingerprint density at radius 2 is 2.00 bits per heavy atom. The van der Waals surface area contributed by atoms with Crippen molar-refractivity contribution >= 4 is 11.8 Å². The van der Waals surface area contributed by atoms with Crippen molar-refractivity contribution in [1.82, 2.24) is 15.2 Å². The lowest BCUT2D eigenvalue weighted by Crippen LogP contribution is -2.66. The van der Waals surface area contributed by atoms with Crippen LogP contribution in [0.1, 0.15) is 39.1 Å². The van der Waals surface area contributed by atoms with E-state index in [0.29, 0.717) is 31.1 Å². The molecule has 2 amide bonds. The number of hydrogen-bond acceptors (Lipinski definition) is 4. The second kappa shape index (κ2) is 7.72. The number of ether oxygens (including phenoxy) is 1. The van der Waals surface area contributed by atoms with Crippen LogP contribution in [0.5, 0.6) is 0 Å². The van der Waals surface area contributed by atoms with Gasteiger partial charge < -0.3 is 15.0 Å². The number of nitrogens with zero attached hydrogens (tertiary/aromatic N) is 2. The van der Waals surface area contributed by atoms with Crippen LogP contribution in [-0.4, -0.2) is 53.5 Å². The van der Waals surface area contributed by atoms with Crippen molar-refractivity contribution in [2.24, 2.45) is 5.92 Å². The molecule has 1 aromatic heterocycles. The number of aromatic nitrogens is 1. The average Bonchev–Trinajstić information content (AvgIpc) is 3.11. The number of nitrogens with one attached hydrogen (secondary N) is 1. The summed E-state index contributed by atoms with van der Waals surface area (Å²) in [6, 6.07) is 11.1. The summed E-state index contributed by atoms with van der Waals surface area (Å²) in [4.78, 5) is 30.7. The monoisotopic (exact) mass is 379 g/mol. The van der Waals surface area contributed by atoms with Crippen LogP contribution in [0.2, 0.25) is 0 Å². The molecule has 1 atom stereocenters. The molecule has 2 aliphatic rings. The molecule has 0 unspecified atom stereocenters. The maximum absolute atomic E-state index is 12.7. The minimum Gasteiger partial charge on any atom is -0.371 e. The topological polar surface area (TPSA) is 71.5 Å². The summed E-state index contributed by atoms with van der Waals surface area (Å²) >= 11 is 0. The molecule has 0 bridgehead atoms. The average molecular weight is 379 g/mol. The smallest absolute Gasteiger partial charge is 0.254 e. The molecule has 1 aromatic carbocycles. The standard InChI is InChI=1S/C22H25N3O3/c1-16-3-2-4-18(13-16)21(27)25-14-22(15-25)19(8-12-28-22)7-11-24-20(26)17-5-9-23-10-6-17/h2-6,9-10,13,19H,7-8,11-12,14-15H2,1H3,(H,24,26)/t19-/m1/s1. The number of pyridine rings is 1. The molecule has 1 N–H and O–H groups in total. The third-order valence-corrected chi connectivity index (χ3v) is 5.79. The number of benzene rings is 1. The zero-order valence-corrected chi connectivity index (χ0v) is 16.1. The van der Waals surface area contributed by atoms with Gasteiger partial charge in [-0.15, -0.1) is 0 Å². The van der Waals surface area contributed by atoms with E-state index in [2.05, 4.69) is 10.3 Å². The summed E-state index contributed by atoms with van der Waals surface area (Å²) < 4.78 is 6.06. The van der Waals surface area contributed by atoms with Gasteiger partial charge in [-0.05, 0) is 49.9 Å². The van der Waals surface area contributed by atoms with Crippen LogP contribution in [0.3, 0.4) is 0 Å². The normalized spacial score (nSPS) is 20.0. The summed E-state index contributed by atoms with van der Waals surface area (Å²) in [6.45, 7) is 4.56. The molecule has 0 radical (unpaired) electrons. The number of hydrogen-bond donors (Lipinski definition) is 1. The number of carbonyl (C=O) groups excluding carboxylic acids is 2. The number of aryl methyl sites for hydroxylation is 1. The van der Waals surface area contributed by atoms with Gasteiger partial charge in [0.2, 0.25) is 0 Å². The summed E-state index contributed by atoms with van der Waals surface area (Å²) in [6.07, 6.45) is 5.05. The van der Waals surface area contributed by atoms with Gasteiger partial charge in [-0.1, -0.05) is 17.7 Å². The molecular formula is C22H25N3O3. The number of rotatable bonds is 5. The van der Waals surface area contributed by atoms with Gasteiger partial charge in [0.1, 0.15) is 5.60 Å². The Bertz CT molecular complexity index is 862. The molecule has 28 heavy (non-hydrogen) atoms. The Kier molecular flexibility index (Phi) is 5.13. The van der Waals surface area contributed by atoms with E-state index >= 15 is 0 Å². The first kappa shape index (κ1) is 18.6. The Balaban J connectivity index is 1.30. The van der Waals surface area contributed by atoms with Gasteiger partial charge in [0, 0.05) is 36.7 Å². The van der Waals surface area contributed by atoms with Crippen molar-refractivity contribution in [3.8, 4) is 0 Å². The zero-order chi connectivity index (χ0) is 19.6. The summed E-state index contributed by atoms with van der Waals surface area (Å²) in [5, 5.41) is 2.98. The highest BCUT2D eigenvalue weighted by Gasteiger charge is 2.54. The van der Waals surface area contributed by atoms with Crippen LogP contribution < -0.4 is 5.32 Å². The molecule has 4 rings (SSSR count). The molecule has 2 aliphatic heterocycles. The number of likely N-dealkylation sites (tertiary alicyclic amines) is 1. The van der Waals surface area contributed by atoms with Crippen molar-refractivity contribution < 1.29 is 14.3 Å². The zero-order valence-electron chi connectivity index (χ0n) is 16.1. The van der Waals surface area contributed by atoms with Gasteiger partial charge in [0.25, 0.3) is 11.8 Å². The minimum absolute atomic E-state index is 0.0644. The second-order valence-corrected chi connectivity index (χ2v) is 7.71. The Morgan fingerprint density at radius 1 is 1.21 bits per heavy atom. The van der Waals surface area contributed by atoms with E-state index in [-0.39, 0.29) is 17.4 Å². The van der Waals surface area contributed by atoms with E-state index in [4.69, 9.17) is 4.74 Å². The van der Waals surface area contributed by atoms with Crippen molar-refractivity contribution in [2.45, 2.75) is 25.4 Å². The Morgan fingerprint density at radius 3 is 2.75 bits per heavy atom. The summed E-state index contributed by atoms with van der Waals surface area (Å²) in [7, 11) is 0. The first-order chi connectivity index (χ1) is 13.6. The molecule has 0 saturated carbocycles. The predicted octanol–water partition coefficient (Wildman–Crippen LogP) is 2.44. The second-order valence-electron chi connectivity index (χ2n) is 7.71. The van der Waals surface area contributed by atoms with Crippen molar-refractivity contribution in [3.05, 3.63) is 65.5 Å². The van der Waals surface area contributed by atoms with E-state index < -0.39 is 0 Å². The maximum atomic E-state index is 12.7.